The highest BCUT2D eigenvalue weighted by Crippen LogP contribution is 2.26. The Balaban J connectivity index is 1.88. The van der Waals surface area contributed by atoms with Crippen LogP contribution in [0.5, 0.6) is 0 Å². The molecule has 2 heterocycles. The van der Waals surface area contributed by atoms with E-state index in [1.807, 2.05) is 30.3 Å². The molecule has 3 rings (SSSR count). The predicted octanol–water partition coefficient (Wildman–Crippen LogP) is 5.31. The lowest BCUT2D eigenvalue weighted by Gasteiger charge is -2.10. The lowest BCUT2D eigenvalue weighted by Crippen LogP contribution is -2.01. The molecule has 0 saturated heterocycles. The number of benzene rings is 1. The van der Waals surface area contributed by atoms with Gasteiger partial charge in [0, 0.05) is 23.2 Å². The smallest absolute Gasteiger partial charge is 0.143 e. The first-order valence-corrected chi connectivity index (χ1v) is 7.77. The summed E-state index contributed by atoms with van der Waals surface area (Å²) in [7, 11) is 0. The summed E-state index contributed by atoms with van der Waals surface area (Å²) in [5.74, 6) is 0. The highest BCUT2D eigenvalue weighted by Gasteiger charge is 2.06. The SMILES string of the molecule is Clc1ncc(NCc2ccc(Cl)c3cccnc23)cc1Br. The van der Waals surface area contributed by atoms with Crippen molar-refractivity contribution in [2.24, 2.45) is 0 Å². The molecule has 0 saturated carbocycles. The van der Waals surface area contributed by atoms with Crippen LogP contribution >= 0.6 is 39.1 Å². The van der Waals surface area contributed by atoms with Crippen molar-refractivity contribution in [2.75, 3.05) is 5.32 Å². The third-order valence-electron chi connectivity index (χ3n) is 3.08. The largest absolute Gasteiger partial charge is 0.380 e. The zero-order chi connectivity index (χ0) is 14.8. The highest BCUT2D eigenvalue weighted by molar-refractivity contribution is 9.10. The summed E-state index contributed by atoms with van der Waals surface area (Å²) in [6.07, 6.45) is 3.46. The average Bonchev–Trinajstić information content (AvgIpc) is 2.50. The maximum absolute atomic E-state index is 6.19. The Hall–Kier alpha value is -1.36. The highest BCUT2D eigenvalue weighted by atomic mass is 79.9. The van der Waals surface area contributed by atoms with Gasteiger partial charge in [0.25, 0.3) is 0 Å². The lowest BCUT2D eigenvalue weighted by molar-refractivity contribution is 1.14. The second-order valence-electron chi connectivity index (χ2n) is 4.46. The van der Waals surface area contributed by atoms with Crippen molar-refractivity contribution in [1.29, 1.82) is 0 Å². The molecule has 0 aliphatic heterocycles. The number of rotatable bonds is 3. The molecule has 0 fully saturated rings. The van der Waals surface area contributed by atoms with Gasteiger partial charge in [0.15, 0.2) is 0 Å². The molecule has 2 aromatic heterocycles. The zero-order valence-electron chi connectivity index (χ0n) is 10.8. The van der Waals surface area contributed by atoms with Crippen LogP contribution in [-0.4, -0.2) is 9.97 Å². The number of fused-ring (bicyclic) bond motifs is 1. The minimum atomic E-state index is 0.444. The summed E-state index contributed by atoms with van der Waals surface area (Å²) in [5.41, 5.74) is 2.85. The van der Waals surface area contributed by atoms with E-state index in [-0.39, 0.29) is 0 Å². The van der Waals surface area contributed by atoms with Crippen molar-refractivity contribution >= 4 is 55.7 Å². The van der Waals surface area contributed by atoms with Crippen LogP contribution in [0.1, 0.15) is 5.56 Å². The van der Waals surface area contributed by atoms with Gasteiger partial charge in [0.05, 0.1) is 21.9 Å². The Morgan fingerprint density at radius 3 is 2.81 bits per heavy atom. The molecule has 0 spiro atoms. The third kappa shape index (κ3) is 3.12. The number of halogens is 3. The number of nitrogens with one attached hydrogen (secondary N) is 1. The number of hydrogen-bond acceptors (Lipinski definition) is 3. The minimum absolute atomic E-state index is 0.444. The van der Waals surface area contributed by atoms with Crippen LogP contribution in [-0.2, 0) is 6.54 Å². The molecule has 1 aromatic carbocycles. The third-order valence-corrected chi connectivity index (χ3v) is 4.54. The van der Waals surface area contributed by atoms with Gasteiger partial charge in [-0.05, 0) is 45.8 Å². The fraction of sp³-hybridized carbons (Fsp3) is 0.0667. The molecule has 3 aromatic rings. The number of pyridine rings is 2. The fourth-order valence-corrected chi connectivity index (χ4v) is 2.72. The molecule has 6 heteroatoms. The molecular weight excluding hydrogens is 373 g/mol. The first-order chi connectivity index (χ1) is 10.1. The molecule has 21 heavy (non-hydrogen) atoms. The van der Waals surface area contributed by atoms with E-state index < -0.39 is 0 Å². The van der Waals surface area contributed by atoms with Gasteiger partial charge in [-0.15, -0.1) is 0 Å². The van der Waals surface area contributed by atoms with Crippen LogP contribution in [0.4, 0.5) is 5.69 Å². The van der Waals surface area contributed by atoms with E-state index in [4.69, 9.17) is 23.2 Å². The molecule has 0 atom stereocenters. The second-order valence-corrected chi connectivity index (χ2v) is 6.08. The monoisotopic (exact) mass is 381 g/mol. The van der Waals surface area contributed by atoms with Gasteiger partial charge in [-0.3, -0.25) is 4.98 Å². The zero-order valence-corrected chi connectivity index (χ0v) is 13.9. The van der Waals surface area contributed by atoms with E-state index in [1.165, 1.54) is 0 Å². The molecule has 3 nitrogen and oxygen atoms in total. The Morgan fingerprint density at radius 2 is 2.00 bits per heavy atom. The van der Waals surface area contributed by atoms with Crippen LogP contribution < -0.4 is 5.32 Å². The number of hydrogen-bond donors (Lipinski definition) is 1. The van der Waals surface area contributed by atoms with Crippen LogP contribution in [0.3, 0.4) is 0 Å². The topological polar surface area (TPSA) is 37.8 Å². The number of anilines is 1. The maximum Gasteiger partial charge on any atom is 0.143 e. The molecule has 0 amide bonds. The number of nitrogens with zero attached hydrogens (tertiary/aromatic N) is 2. The van der Waals surface area contributed by atoms with Crippen molar-refractivity contribution in [1.82, 2.24) is 9.97 Å². The van der Waals surface area contributed by atoms with Crippen LogP contribution in [0.2, 0.25) is 10.2 Å². The van der Waals surface area contributed by atoms with E-state index in [0.29, 0.717) is 16.7 Å². The van der Waals surface area contributed by atoms with Crippen molar-refractivity contribution in [3.8, 4) is 0 Å². The van der Waals surface area contributed by atoms with Crippen molar-refractivity contribution in [2.45, 2.75) is 6.54 Å². The summed E-state index contributed by atoms with van der Waals surface area (Å²) in [6, 6.07) is 9.60. The summed E-state index contributed by atoms with van der Waals surface area (Å²) in [4.78, 5) is 8.50. The Labute approximate surface area is 140 Å². The molecule has 106 valence electrons. The van der Waals surface area contributed by atoms with Gasteiger partial charge in [-0.2, -0.15) is 0 Å². The number of aromatic nitrogens is 2. The van der Waals surface area contributed by atoms with Crippen LogP contribution in [0.25, 0.3) is 10.9 Å². The normalized spacial score (nSPS) is 10.8. The quantitative estimate of drug-likeness (QED) is 0.623. The molecule has 0 radical (unpaired) electrons. The van der Waals surface area contributed by atoms with E-state index in [9.17, 15) is 0 Å². The molecule has 0 bridgehead atoms. The standard InChI is InChI=1S/C15H10BrCl2N3/c16-12-6-10(8-21-15(12)18)20-7-9-3-4-13(17)11-2-1-5-19-14(9)11/h1-6,8,20H,7H2. The average molecular weight is 383 g/mol. The molecular formula is C15H10BrCl2N3. The van der Waals surface area contributed by atoms with E-state index >= 15 is 0 Å². The van der Waals surface area contributed by atoms with E-state index in [0.717, 1.165) is 26.6 Å². The molecule has 0 aliphatic carbocycles. The summed E-state index contributed by atoms with van der Waals surface area (Å²) < 4.78 is 0.758. The molecule has 0 unspecified atom stereocenters. The summed E-state index contributed by atoms with van der Waals surface area (Å²) in [6.45, 7) is 0.625. The van der Waals surface area contributed by atoms with Gasteiger partial charge in [0.2, 0.25) is 0 Å². The van der Waals surface area contributed by atoms with Gasteiger partial charge in [-0.1, -0.05) is 29.3 Å². The fourth-order valence-electron chi connectivity index (χ4n) is 2.05. The van der Waals surface area contributed by atoms with Crippen LogP contribution in [0.15, 0.2) is 47.2 Å². The molecule has 0 aliphatic rings. The van der Waals surface area contributed by atoms with Gasteiger partial charge < -0.3 is 5.32 Å². The minimum Gasteiger partial charge on any atom is -0.380 e. The van der Waals surface area contributed by atoms with Crippen molar-refractivity contribution in [3.63, 3.8) is 0 Å². The molecule has 1 N–H and O–H groups in total. The Kier molecular flexibility index (Phi) is 4.29. The van der Waals surface area contributed by atoms with Gasteiger partial charge in [-0.25, -0.2) is 4.98 Å². The first kappa shape index (κ1) is 14.6. The first-order valence-electron chi connectivity index (χ1n) is 6.22. The van der Waals surface area contributed by atoms with Gasteiger partial charge >= 0.3 is 0 Å². The van der Waals surface area contributed by atoms with Crippen molar-refractivity contribution < 1.29 is 0 Å². The predicted molar refractivity (Wildman–Crippen MR) is 91.0 cm³/mol. The van der Waals surface area contributed by atoms with E-state index in [1.54, 1.807) is 12.4 Å². The van der Waals surface area contributed by atoms with Crippen LogP contribution in [0, 0.1) is 0 Å². The summed E-state index contributed by atoms with van der Waals surface area (Å²) in [5, 5.41) is 5.41. The maximum atomic E-state index is 6.19. The second kappa shape index (κ2) is 6.18. The van der Waals surface area contributed by atoms with Crippen molar-refractivity contribution in [3.05, 3.63) is 62.9 Å². The Bertz CT molecular complexity index is 808. The van der Waals surface area contributed by atoms with E-state index in [2.05, 4.69) is 31.2 Å². The van der Waals surface area contributed by atoms with Gasteiger partial charge in [0.1, 0.15) is 5.15 Å². The lowest BCUT2D eigenvalue weighted by atomic mass is 10.1. The summed E-state index contributed by atoms with van der Waals surface area (Å²) >= 11 is 15.4. The Morgan fingerprint density at radius 1 is 1.14 bits per heavy atom.